The fraction of sp³-hybridized carbons (Fsp3) is 0.154. The first-order valence-corrected chi connectivity index (χ1v) is 11.5. The first-order chi connectivity index (χ1) is 17.5. The number of nitrogens with zero attached hydrogens (tertiary/aromatic N) is 5. The van der Waals surface area contributed by atoms with Crippen molar-refractivity contribution in [2.24, 2.45) is 0 Å². The molecular weight excluding hydrogens is 483 g/mol. The van der Waals surface area contributed by atoms with E-state index in [2.05, 4.69) is 20.4 Å². The van der Waals surface area contributed by atoms with Crippen molar-refractivity contribution in [2.75, 3.05) is 12.4 Å². The molecule has 10 heteroatoms. The van der Waals surface area contributed by atoms with Crippen LogP contribution in [0.5, 0.6) is 5.75 Å². The number of anilines is 1. The summed E-state index contributed by atoms with van der Waals surface area (Å²) in [6.07, 6.45) is 4.91. The summed E-state index contributed by atoms with van der Waals surface area (Å²) in [4.78, 5) is 20.6. The Morgan fingerprint density at radius 3 is 2.56 bits per heavy atom. The lowest BCUT2D eigenvalue weighted by Crippen LogP contribution is -2.18. The summed E-state index contributed by atoms with van der Waals surface area (Å²) in [7, 11) is 1.54. The van der Waals surface area contributed by atoms with E-state index in [0.29, 0.717) is 40.9 Å². The lowest BCUT2D eigenvalue weighted by atomic mass is 10.1. The van der Waals surface area contributed by atoms with Crippen LogP contribution in [0.3, 0.4) is 0 Å². The Morgan fingerprint density at radius 1 is 1.00 bits per heavy atom. The van der Waals surface area contributed by atoms with Crippen LogP contribution >= 0.6 is 11.6 Å². The number of rotatable bonds is 8. The van der Waals surface area contributed by atoms with Gasteiger partial charge in [-0.2, -0.15) is 5.10 Å². The maximum absolute atomic E-state index is 14.2. The number of halogens is 2. The molecule has 0 radical (unpaired) electrons. The highest BCUT2D eigenvalue weighted by Gasteiger charge is 2.11. The standard InChI is InChI=1S/C26H22ClFN6O2/c1-36-21-7-8-23(28)19(10-21)11-29-25-22-15-34(32-26(22)31-16-30-25)13-18-4-2-17(3-5-18)12-33-14-20(27)6-9-24(33)35/h2-10,14-16H,11-13H2,1H3,(H,29,30,31,32). The van der Waals surface area contributed by atoms with Crippen molar-refractivity contribution >= 4 is 28.5 Å². The second kappa shape index (κ2) is 10.2. The van der Waals surface area contributed by atoms with Crippen LogP contribution in [0.15, 0.2) is 78.1 Å². The molecule has 3 heterocycles. The molecule has 0 aliphatic rings. The lowest BCUT2D eigenvalue weighted by Gasteiger charge is -2.08. The van der Waals surface area contributed by atoms with Gasteiger partial charge in [0.15, 0.2) is 5.65 Å². The third-order valence-corrected chi connectivity index (χ3v) is 5.95. The summed E-state index contributed by atoms with van der Waals surface area (Å²) in [6, 6.07) is 15.6. The van der Waals surface area contributed by atoms with E-state index in [1.165, 1.54) is 18.5 Å². The van der Waals surface area contributed by atoms with Gasteiger partial charge in [-0.25, -0.2) is 14.4 Å². The Kier molecular flexibility index (Phi) is 6.64. The molecule has 182 valence electrons. The van der Waals surface area contributed by atoms with Crippen LogP contribution in [0, 0.1) is 5.82 Å². The van der Waals surface area contributed by atoms with Gasteiger partial charge in [0.1, 0.15) is 23.7 Å². The number of hydrogen-bond acceptors (Lipinski definition) is 6. The molecule has 0 amide bonds. The van der Waals surface area contributed by atoms with Crippen LogP contribution in [0.2, 0.25) is 5.02 Å². The van der Waals surface area contributed by atoms with Gasteiger partial charge < -0.3 is 14.6 Å². The first kappa shape index (κ1) is 23.5. The Hall–Kier alpha value is -4.24. The van der Waals surface area contributed by atoms with Crippen molar-refractivity contribution in [1.82, 2.24) is 24.3 Å². The number of aromatic nitrogens is 5. The van der Waals surface area contributed by atoms with Crippen LogP contribution < -0.4 is 15.6 Å². The number of hydrogen-bond donors (Lipinski definition) is 1. The van der Waals surface area contributed by atoms with Crippen molar-refractivity contribution in [3.05, 3.63) is 111 Å². The van der Waals surface area contributed by atoms with Crippen molar-refractivity contribution < 1.29 is 9.13 Å². The van der Waals surface area contributed by atoms with Gasteiger partial charge in [-0.15, -0.1) is 0 Å². The second-order valence-corrected chi connectivity index (χ2v) is 8.66. The lowest BCUT2D eigenvalue weighted by molar-refractivity contribution is 0.413. The molecule has 0 unspecified atom stereocenters. The summed E-state index contributed by atoms with van der Waals surface area (Å²) < 4.78 is 22.7. The van der Waals surface area contributed by atoms with Gasteiger partial charge in [0.05, 0.1) is 30.6 Å². The molecule has 5 aromatic rings. The number of benzene rings is 2. The Labute approximate surface area is 211 Å². The summed E-state index contributed by atoms with van der Waals surface area (Å²) in [5, 5.41) is 8.98. The highest BCUT2D eigenvalue weighted by atomic mass is 35.5. The number of nitrogens with one attached hydrogen (secondary N) is 1. The van der Waals surface area contributed by atoms with E-state index >= 15 is 0 Å². The zero-order valence-electron chi connectivity index (χ0n) is 19.4. The normalized spacial score (nSPS) is 11.1. The molecule has 0 spiro atoms. The maximum Gasteiger partial charge on any atom is 0.250 e. The fourth-order valence-corrected chi connectivity index (χ4v) is 4.04. The molecule has 1 N–H and O–H groups in total. The minimum Gasteiger partial charge on any atom is -0.497 e. The van der Waals surface area contributed by atoms with Crippen molar-refractivity contribution in [1.29, 1.82) is 0 Å². The van der Waals surface area contributed by atoms with E-state index in [0.717, 1.165) is 16.5 Å². The summed E-state index contributed by atoms with van der Waals surface area (Å²) >= 11 is 6.01. The summed E-state index contributed by atoms with van der Waals surface area (Å²) in [5.41, 5.74) is 2.91. The van der Waals surface area contributed by atoms with E-state index in [1.54, 1.807) is 40.8 Å². The smallest absolute Gasteiger partial charge is 0.250 e. The number of fused-ring (bicyclic) bond motifs is 1. The number of ether oxygens (including phenoxy) is 1. The first-order valence-electron chi connectivity index (χ1n) is 11.2. The van der Waals surface area contributed by atoms with Crippen LogP contribution in [-0.2, 0) is 19.6 Å². The van der Waals surface area contributed by atoms with Crippen molar-refractivity contribution in [2.45, 2.75) is 19.6 Å². The van der Waals surface area contributed by atoms with Gasteiger partial charge in [0.25, 0.3) is 5.56 Å². The maximum atomic E-state index is 14.2. The molecule has 3 aromatic heterocycles. The van der Waals surface area contributed by atoms with E-state index in [4.69, 9.17) is 16.3 Å². The topological polar surface area (TPSA) is 86.9 Å². The number of methoxy groups -OCH3 is 1. The average molecular weight is 505 g/mol. The minimum absolute atomic E-state index is 0.105. The molecule has 8 nitrogen and oxygen atoms in total. The molecular formula is C26H22ClFN6O2. The molecule has 0 aliphatic carbocycles. The third-order valence-electron chi connectivity index (χ3n) is 5.73. The van der Waals surface area contributed by atoms with E-state index in [-0.39, 0.29) is 17.9 Å². The van der Waals surface area contributed by atoms with E-state index in [9.17, 15) is 9.18 Å². The summed E-state index contributed by atoms with van der Waals surface area (Å²) in [6.45, 7) is 1.19. The second-order valence-electron chi connectivity index (χ2n) is 8.23. The van der Waals surface area contributed by atoms with Crippen molar-refractivity contribution in [3.8, 4) is 5.75 Å². The molecule has 2 aromatic carbocycles. The quantitative estimate of drug-likeness (QED) is 0.335. The molecule has 0 fully saturated rings. The Bertz CT molecular complexity index is 1580. The van der Waals surface area contributed by atoms with Gasteiger partial charge in [0.2, 0.25) is 0 Å². The number of pyridine rings is 1. The fourth-order valence-electron chi connectivity index (χ4n) is 3.86. The van der Waals surface area contributed by atoms with Gasteiger partial charge >= 0.3 is 0 Å². The molecule has 0 bridgehead atoms. The monoisotopic (exact) mass is 504 g/mol. The van der Waals surface area contributed by atoms with Gasteiger partial charge in [0, 0.05) is 30.6 Å². The zero-order valence-corrected chi connectivity index (χ0v) is 20.1. The molecule has 0 saturated heterocycles. The van der Waals surface area contributed by atoms with Gasteiger partial charge in [-0.3, -0.25) is 9.48 Å². The minimum atomic E-state index is -0.326. The molecule has 0 saturated carbocycles. The summed E-state index contributed by atoms with van der Waals surface area (Å²) in [5.74, 6) is 0.822. The SMILES string of the molecule is COc1ccc(F)c(CNc2ncnc3nn(Cc4ccc(Cn5cc(Cl)ccc5=O)cc4)cc23)c1. The van der Waals surface area contributed by atoms with Crippen LogP contribution in [-0.4, -0.2) is 31.4 Å². The highest BCUT2D eigenvalue weighted by molar-refractivity contribution is 6.30. The zero-order chi connectivity index (χ0) is 25.1. The molecule has 0 atom stereocenters. The molecule has 5 rings (SSSR count). The molecule has 36 heavy (non-hydrogen) atoms. The van der Waals surface area contributed by atoms with Gasteiger partial charge in [-0.05, 0) is 35.4 Å². The average Bonchev–Trinajstić information content (AvgIpc) is 3.30. The Balaban J connectivity index is 1.30. The van der Waals surface area contributed by atoms with E-state index in [1.807, 2.05) is 30.5 Å². The predicted octanol–water partition coefficient (Wildman–Crippen LogP) is 4.50. The third kappa shape index (κ3) is 5.21. The van der Waals surface area contributed by atoms with Crippen LogP contribution in [0.25, 0.3) is 11.0 Å². The van der Waals surface area contributed by atoms with Gasteiger partial charge in [-0.1, -0.05) is 35.9 Å². The van der Waals surface area contributed by atoms with Crippen LogP contribution in [0.4, 0.5) is 10.2 Å². The largest absolute Gasteiger partial charge is 0.497 e. The Morgan fingerprint density at radius 2 is 1.78 bits per heavy atom. The van der Waals surface area contributed by atoms with E-state index < -0.39 is 0 Å². The molecule has 0 aliphatic heterocycles. The predicted molar refractivity (Wildman–Crippen MR) is 136 cm³/mol. The van der Waals surface area contributed by atoms with Crippen molar-refractivity contribution in [3.63, 3.8) is 0 Å². The highest BCUT2D eigenvalue weighted by Crippen LogP contribution is 2.22. The van der Waals surface area contributed by atoms with Crippen LogP contribution in [0.1, 0.15) is 16.7 Å².